The second-order valence-corrected chi connectivity index (χ2v) is 10.3. The van der Waals surface area contributed by atoms with E-state index in [9.17, 15) is 18.0 Å². The molecule has 0 atom stereocenters. The highest BCUT2D eigenvalue weighted by atomic mass is 32.2. The molecule has 0 saturated carbocycles. The van der Waals surface area contributed by atoms with Gasteiger partial charge in [-0.2, -0.15) is 4.31 Å². The third kappa shape index (κ3) is 4.90. The van der Waals surface area contributed by atoms with E-state index in [1.807, 2.05) is 11.5 Å². The van der Waals surface area contributed by atoms with Crippen LogP contribution in [0.1, 0.15) is 26.1 Å². The number of fused-ring (bicyclic) bond motifs is 1. The van der Waals surface area contributed by atoms with Gasteiger partial charge in [0.1, 0.15) is 5.82 Å². The van der Waals surface area contributed by atoms with E-state index >= 15 is 0 Å². The van der Waals surface area contributed by atoms with Gasteiger partial charge in [0.25, 0.3) is 0 Å². The molecule has 0 N–H and O–H groups in total. The maximum atomic E-state index is 13.0. The van der Waals surface area contributed by atoms with Gasteiger partial charge in [-0.25, -0.2) is 13.4 Å². The van der Waals surface area contributed by atoms with Crippen LogP contribution in [0.15, 0.2) is 23.1 Å². The molecule has 0 aliphatic carbocycles. The topological polar surface area (TPSA) is 105 Å². The Morgan fingerprint density at radius 2 is 1.70 bits per heavy atom. The van der Waals surface area contributed by atoms with Gasteiger partial charge in [0.15, 0.2) is 0 Å². The molecule has 1 aromatic heterocycles. The van der Waals surface area contributed by atoms with Gasteiger partial charge in [-0.1, -0.05) is 0 Å². The second-order valence-electron chi connectivity index (χ2n) is 8.33. The van der Waals surface area contributed by atoms with Crippen LogP contribution in [0.25, 0.3) is 11.0 Å². The van der Waals surface area contributed by atoms with Gasteiger partial charge in [-0.15, -0.1) is 0 Å². The lowest BCUT2D eigenvalue weighted by molar-refractivity contribution is -0.138. The van der Waals surface area contributed by atoms with Crippen molar-refractivity contribution in [2.24, 2.45) is 0 Å². The van der Waals surface area contributed by atoms with E-state index in [1.165, 1.54) is 4.31 Å². The minimum atomic E-state index is -3.60. The Labute approximate surface area is 194 Å². The Kier molecular flexibility index (Phi) is 7.01. The zero-order valence-corrected chi connectivity index (χ0v) is 20.0. The number of ether oxygens (including phenoxy) is 1. The van der Waals surface area contributed by atoms with Crippen molar-refractivity contribution in [3.8, 4) is 0 Å². The summed E-state index contributed by atoms with van der Waals surface area (Å²) in [6.07, 6.45) is 0.794. The first-order valence-corrected chi connectivity index (χ1v) is 12.9. The van der Waals surface area contributed by atoms with Crippen LogP contribution in [0.2, 0.25) is 0 Å². The van der Waals surface area contributed by atoms with Crippen LogP contribution in [0.5, 0.6) is 0 Å². The highest BCUT2D eigenvalue weighted by Gasteiger charge is 2.27. The predicted octanol–water partition coefficient (Wildman–Crippen LogP) is 0.700. The normalized spacial score (nSPS) is 18.1. The summed E-state index contributed by atoms with van der Waals surface area (Å²) in [5.74, 6) is 0.849. The Morgan fingerprint density at radius 3 is 2.33 bits per heavy atom. The Hall–Kier alpha value is -2.50. The van der Waals surface area contributed by atoms with Crippen LogP contribution >= 0.6 is 0 Å². The van der Waals surface area contributed by atoms with Gasteiger partial charge < -0.3 is 19.1 Å². The molecule has 2 aliphatic rings. The first-order chi connectivity index (χ1) is 15.8. The molecule has 2 aromatic rings. The average molecular weight is 478 g/mol. The maximum absolute atomic E-state index is 13.0. The number of rotatable bonds is 6. The fourth-order valence-electron chi connectivity index (χ4n) is 4.45. The molecule has 2 fully saturated rings. The summed E-state index contributed by atoms with van der Waals surface area (Å²) in [4.78, 5) is 32.7. The van der Waals surface area contributed by atoms with Gasteiger partial charge in [-0.05, 0) is 25.1 Å². The Bertz CT molecular complexity index is 1130. The van der Waals surface area contributed by atoms with Crippen LogP contribution in [-0.2, 0) is 37.3 Å². The summed E-state index contributed by atoms with van der Waals surface area (Å²) in [5.41, 5.74) is 1.47. The number of piperazine rings is 1. The number of benzene rings is 1. The summed E-state index contributed by atoms with van der Waals surface area (Å²) in [6, 6.07) is 5.05. The molecule has 4 rings (SSSR count). The average Bonchev–Trinajstić information content (AvgIpc) is 3.19. The third-order valence-electron chi connectivity index (χ3n) is 6.36. The molecule has 0 bridgehead atoms. The van der Waals surface area contributed by atoms with Crippen molar-refractivity contribution in [3.63, 3.8) is 0 Å². The maximum Gasteiger partial charge on any atom is 0.243 e. The second kappa shape index (κ2) is 9.78. The predicted molar refractivity (Wildman–Crippen MR) is 122 cm³/mol. The number of morpholine rings is 1. The van der Waals surface area contributed by atoms with E-state index in [4.69, 9.17) is 4.74 Å². The molecule has 11 heteroatoms. The first kappa shape index (κ1) is 23.7. The number of amides is 2. The van der Waals surface area contributed by atoms with E-state index in [2.05, 4.69) is 4.98 Å². The van der Waals surface area contributed by atoms with E-state index in [-0.39, 0.29) is 16.7 Å². The quantitative estimate of drug-likeness (QED) is 0.607. The molecule has 1 aromatic carbocycles. The van der Waals surface area contributed by atoms with Gasteiger partial charge in [0, 0.05) is 65.6 Å². The van der Waals surface area contributed by atoms with Gasteiger partial charge >= 0.3 is 0 Å². The number of sulfonamides is 1. The molecule has 2 saturated heterocycles. The number of aromatic nitrogens is 2. The van der Waals surface area contributed by atoms with Crippen molar-refractivity contribution in [1.29, 1.82) is 0 Å². The van der Waals surface area contributed by atoms with Crippen LogP contribution < -0.4 is 0 Å². The molecule has 2 amide bonds. The molecule has 0 spiro atoms. The molecule has 0 unspecified atom stereocenters. The van der Waals surface area contributed by atoms with E-state index in [1.54, 1.807) is 34.9 Å². The summed E-state index contributed by atoms with van der Waals surface area (Å²) in [6.45, 7) is 7.93. The summed E-state index contributed by atoms with van der Waals surface area (Å²) in [7, 11) is -3.60. The van der Waals surface area contributed by atoms with E-state index < -0.39 is 10.0 Å². The van der Waals surface area contributed by atoms with Crippen molar-refractivity contribution in [2.45, 2.75) is 38.1 Å². The minimum absolute atomic E-state index is 0.0359. The fraction of sp³-hybridized carbons (Fsp3) is 0.591. The van der Waals surface area contributed by atoms with Crippen LogP contribution in [0.4, 0.5) is 0 Å². The molecule has 2 aliphatic heterocycles. The van der Waals surface area contributed by atoms with Crippen LogP contribution in [0.3, 0.4) is 0 Å². The van der Waals surface area contributed by atoms with Crippen LogP contribution in [-0.4, -0.2) is 96.4 Å². The van der Waals surface area contributed by atoms with Gasteiger partial charge in [0.2, 0.25) is 21.8 Å². The lowest BCUT2D eigenvalue weighted by atomic mass is 10.2. The molecule has 0 radical (unpaired) electrons. The zero-order valence-electron chi connectivity index (χ0n) is 19.2. The van der Waals surface area contributed by atoms with Crippen molar-refractivity contribution < 1.29 is 22.7 Å². The number of carbonyl (C=O) groups excluding carboxylic acids is 2. The molecule has 10 nitrogen and oxygen atoms in total. The lowest BCUT2D eigenvalue weighted by Gasteiger charge is -2.34. The highest BCUT2D eigenvalue weighted by molar-refractivity contribution is 7.89. The van der Waals surface area contributed by atoms with Crippen molar-refractivity contribution in [3.05, 3.63) is 24.0 Å². The van der Waals surface area contributed by atoms with Crippen molar-refractivity contribution >= 4 is 32.9 Å². The minimum Gasteiger partial charge on any atom is -0.379 e. The molecule has 180 valence electrons. The number of hydrogen-bond acceptors (Lipinski definition) is 6. The summed E-state index contributed by atoms with van der Waals surface area (Å²) < 4.78 is 34.8. The zero-order chi connectivity index (χ0) is 23.6. The number of imidazole rings is 1. The molecule has 3 heterocycles. The Balaban J connectivity index is 1.48. The number of aryl methyl sites for hydroxylation is 2. The molecular formula is C22H31N5O5S. The number of hydrogen-bond donors (Lipinski definition) is 0. The largest absolute Gasteiger partial charge is 0.379 e. The SMILES string of the molecule is CCn1c(CCC(=O)N2CCN(C(C)=O)CC2)nc2cc(S(=O)(=O)N3CCOCC3)ccc21. The van der Waals surface area contributed by atoms with Gasteiger partial charge in [0.05, 0.1) is 29.1 Å². The lowest BCUT2D eigenvalue weighted by Crippen LogP contribution is -2.50. The summed E-state index contributed by atoms with van der Waals surface area (Å²) in [5, 5.41) is 0. The van der Waals surface area contributed by atoms with Gasteiger partial charge in [-0.3, -0.25) is 9.59 Å². The molecular weight excluding hydrogens is 446 g/mol. The monoisotopic (exact) mass is 477 g/mol. The van der Waals surface area contributed by atoms with E-state index in [0.29, 0.717) is 77.4 Å². The van der Waals surface area contributed by atoms with Crippen molar-refractivity contribution in [2.75, 3.05) is 52.5 Å². The standard InChI is InChI=1S/C22H31N5O5S/c1-3-27-20-5-4-18(33(30,31)26-12-14-32-15-13-26)16-19(20)23-21(27)6-7-22(29)25-10-8-24(9-11-25)17(2)28/h4-5,16H,3,6-15H2,1-2H3. The first-order valence-electron chi connectivity index (χ1n) is 11.4. The number of nitrogens with zero attached hydrogens (tertiary/aromatic N) is 5. The van der Waals surface area contributed by atoms with E-state index in [0.717, 1.165) is 11.3 Å². The van der Waals surface area contributed by atoms with Crippen molar-refractivity contribution in [1.82, 2.24) is 23.7 Å². The fourth-order valence-corrected chi connectivity index (χ4v) is 5.88. The van der Waals surface area contributed by atoms with Crippen LogP contribution in [0, 0.1) is 0 Å². The molecule has 33 heavy (non-hydrogen) atoms. The Morgan fingerprint density at radius 1 is 1.03 bits per heavy atom. The highest BCUT2D eigenvalue weighted by Crippen LogP contribution is 2.24. The summed E-state index contributed by atoms with van der Waals surface area (Å²) >= 11 is 0. The number of carbonyl (C=O) groups is 2. The smallest absolute Gasteiger partial charge is 0.243 e. The third-order valence-corrected chi connectivity index (χ3v) is 8.26.